The molecule has 0 saturated carbocycles. The van der Waals surface area contributed by atoms with Gasteiger partial charge in [-0.2, -0.15) is 16.8 Å². The molecule has 0 aromatic heterocycles. The molecule has 17 nitrogen and oxygen atoms in total. The van der Waals surface area contributed by atoms with E-state index in [-0.39, 0.29) is 0 Å². The summed E-state index contributed by atoms with van der Waals surface area (Å²) in [6, 6.07) is 0. The second kappa shape index (κ2) is 10.1. The summed E-state index contributed by atoms with van der Waals surface area (Å²) in [7, 11) is -10.3. The molecule has 2 heterocycles. The van der Waals surface area contributed by atoms with Gasteiger partial charge in [-0.15, -0.1) is 0 Å². The fraction of sp³-hybridized carbons (Fsp3) is 1.00. The quantitative estimate of drug-likeness (QED) is 0.143. The minimum absolute atomic E-state index is 0.809. The van der Waals surface area contributed by atoms with Crippen molar-refractivity contribution in [1.82, 2.24) is 0 Å². The normalized spacial score (nSPS) is 42.5. The Morgan fingerprint density at radius 2 is 1.29 bits per heavy atom. The van der Waals surface area contributed by atoms with Crippen molar-refractivity contribution in [2.24, 2.45) is 0 Å². The molecule has 10 atom stereocenters. The summed E-state index contributed by atoms with van der Waals surface area (Å²) in [6.45, 7) is -1.92. The standard InChI is InChI=1S/C12H22O17S2/c13-1-3-5(14)7(16)9(11(18)26-3)28-12-10(29-31(22,23)24)8(17)6(15)4(27-12)2-25-30(19,20)21/h3-18H,1-2H2,(H,19,20,21)(H,22,23,24)/t3-,4-,5-,6-,7+,8+,9-,10+,11?,12-/m1/s1. The maximum absolute atomic E-state index is 11.1. The van der Waals surface area contributed by atoms with Gasteiger partial charge in [-0.25, -0.2) is 8.37 Å². The second-order valence-corrected chi connectivity index (χ2v) is 8.69. The Bertz CT molecular complexity index is 798. The highest BCUT2D eigenvalue weighted by Gasteiger charge is 2.52. The molecule has 2 fully saturated rings. The van der Waals surface area contributed by atoms with Crippen molar-refractivity contribution in [2.45, 2.75) is 61.4 Å². The van der Waals surface area contributed by atoms with E-state index in [0.29, 0.717) is 0 Å². The molecule has 0 spiro atoms. The maximum Gasteiger partial charge on any atom is 0.397 e. The smallest absolute Gasteiger partial charge is 0.394 e. The van der Waals surface area contributed by atoms with Crippen molar-refractivity contribution in [1.29, 1.82) is 0 Å². The van der Waals surface area contributed by atoms with Crippen molar-refractivity contribution in [3.05, 3.63) is 0 Å². The van der Waals surface area contributed by atoms with Gasteiger partial charge in [-0.3, -0.25) is 9.11 Å². The molecule has 0 amide bonds. The van der Waals surface area contributed by atoms with Crippen LogP contribution >= 0.6 is 0 Å². The van der Waals surface area contributed by atoms with Crippen LogP contribution in [0.5, 0.6) is 0 Å². The van der Waals surface area contributed by atoms with Crippen LogP contribution in [0, 0.1) is 0 Å². The van der Waals surface area contributed by atoms with Gasteiger partial charge in [0.05, 0.1) is 13.2 Å². The maximum atomic E-state index is 11.1. The zero-order valence-corrected chi connectivity index (χ0v) is 16.9. The molecule has 1 unspecified atom stereocenters. The van der Waals surface area contributed by atoms with E-state index in [9.17, 15) is 42.4 Å². The molecular weight excluding hydrogens is 480 g/mol. The monoisotopic (exact) mass is 502 g/mol. The first kappa shape index (κ1) is 26.6. The summed E-state index contributed by atoms with van der Waals surface area (Å²) >= 11 is 0. The summed E-state index contributed by atoms with van der Waals surface area (Å²) in [5.74, 6) is 0. The minimum atomic E-state index is -5.29. The van der Waals surface area contributed by atoms with E-state index in [1.54, 1.807) is 0 Å². The Labute approximate surface area is 175 Å². The van der Waals surface area contributed by atoms with E-state index in [0.717, 1.165) is 0 Å². The Kier molecular flexibility index (Phi) is 8.68. The highest BCUT2D eigenvalue weighted by molar-refractivity contribution is 7.81. The highest BCUT2D eigenvalue weighted by Crippen LogP contribution is 2.30. The SMILES string of the molecule is O=S(=O)(O)OC[C@H]1O[C@H](O[C@H]2C(O)O[C@H](CO)[C@@H](O)[C@@H]2O)[C@@H](OS(=O)(=O)O)[C@@H](O)[C@@H]1O. The third-order valence-electron chi connectivity index (χ3n) is 4.39. The van der Waals surface area contributed by atoms with Crippen molar-refractivity contribution in [3.8, 4) is 0 Å². The zero-order valence-electron chi connectivity index (χ0n) is 15.3. The van der Waals surface area contributed by atoms with Crippen molar-refractivity contribution in [2.75, 3.05) is 13.2 Å². The van der Waals surface area contributed by atoms with Crippen LogP contribution in [0.2, 0.25) is 0 Å². The van der Waals surface area contributed by atoms with E-state index >= 15 is 0 Å². The van der Waals surface area contributed by atoms with Crippen LogP contribution in [0.4, 0.5) is 0 Å². The molecule has 8 N–H and O–H groups in total. The molecule has 2 rings (SSSR count). The summed E-state index contributed by atoms with van der Waals surface area (Å²) in [5, 5.41) is 59.2. The van der Waals surface area contributed by atoms with Crippen molar-refractivity contribution >= 4 is 20.8 Å². The van der Waals surface area contributed by atoms with E-state index in [1.807, 2.05) is 0 Å². The molecule has 2 aliphatic heterocycles. The predicted octanol–water partition coefficient (Wildman–Crippen LogP) is -5.74. The van der Waals surface area contributed by atoms with Crippen LogP contribution in [0.15, 0.2) is 0 Å². The Balaban J connectivity index is 2.27. The summed E-state index contributed by atoms with van der Waals surface area (Å²) in [4.78, 5) is 0. The molecule has 184 valence electrons. The van der Waals surface area contributed by atoms with Crippen LogP contribution in [-0.4, -0.2) is 131 Å². The molecule has 0 bridgehead atoms. The molecule has 0 aromatic rings. The largest absolute Gasteiger partial charge is 0.397 e. The van der Waals surface area contributed by atoms with Crippen molar-refractivity contribution < 1.29 is 79.2 Å². The Morgan fingerprint density at radius 3 is 1.81 bits per heavy atom. The third kappa shape index (κ3) is 6.93. The zero-order chi connectivity index (χ0) is 23.7. The Hall–Kier alpha value is -0.620. The molecule has 31 heavy (non-hydrogen) atoms. The first-order valence-corrected chi connectivity index (χ1v) is 11.1. The number of aliphatic hydroxyl groups is 6. The predicted molar refractivity (Wildman–Crippen MR) is 89.4 cm³/mol. The average Bonchev–Trinajstić information content (AvgIpc) is 2.64. The van der Waals surface area contributed by atoms with Crippen LogP contribution in [0.25, 0.3) is 0 Å². The minimum Gasteiger partial charge on any atom is -0.394 e. The van der Waals surface area contributed by atoms with Gasteiger partial charge < -0.3 is 44.8 Å². The van der Waals surface area contributed by atoms with Gasteiger partial charge in [0.25, 0.3) is 0 Å². The van der Waals surface area contributed by atoms with Crippen molar-refractivity contribution in [3.63, 3.8) is 0 Å². The number of rotatable bonds is 8. The lowest BCUT2D eigenvalue weighted by molar-refractivity contribution is -0.358. The molecule has 0 aliphatic carbocycles. The van der Waals surface area contributed by atoms with Gasteiger partial charge in [0, 0.05) is 0 Å². The highest BCUT2D eigenvalue weighted by atomic mass is 32.3. The van der Waals surface area contributed by atoms with Gasteiger partial charge in [0.15, 0.2) is 18.7 Å². The third-order valence-corrected chi connectivity index (χ3v) is 5.29. The summed E-state index contributed by atoms with van der Waals surface area (Å²) < 4.78 is 84.4. The van der Waals surface area contributed by atoms with Crippen LogP contribution in [0.1, 0.15) is 0 Å². The van der Waals surface area contributed by atoms with Crippen LogP contribution < -0.4 is 0 Å². The number of aliphatic hydroxyl groups excluding tert-OH is 6. The molecule has 19 heteroatoms. The van der Waals surface area contributed by atoms with Gasteiger partial charge in [0.1, 0.15) is 42.7 Å². The lowest BCUT2D eigenvalue weighted by atomic mass is 9.97. The number of hydrogen-bond donors (Lipinski definition) is 8. The number of hydrogen-bond acceptors (Lipinski definition) is 15. The van der Waals surface area contributed by atoms with E-state index in [1.165, 1.54) is 0 Å². The van der Waals surface area contributed by atoms with Gasteiger partial charge >= 0.3 is 20.8 Å². The van der Waals surface area contributed by atoms with Gasteiger partial charge in [-0.1, -0.05) is 0 Å². The fourth-order valence-corrected chi connectivity index (χ4v) is 3.71. The molecule has 2 saturated heterocycles. The van der Waals surface area contributed by atoms with Gasteiger partial charge in [-0.05, 0) is 0 Å². The van der Waals surface area contributed by atoms with Crippen LogP contribution in [-0.2, 0) is 43.4 Å². The topological polar surface area (TPSA) is 276 Å². The molecular formula is C12H22O17S2. The van der Waals surface area contributed by atoms with E-state index in [2.05, 4.69) is 8.37 Å². The lowest BCUT2D eigenvalue weighted by Crippen LogP contribution is -2.65. The Morgan fingerprint density at radius 1 is 0.742 bits per heavy atom. The van der Waals surface area contributed by atoms with Crippen LogP contribution in [0.3, 0.4) is 0 Å². The fourth-order valence-electron chi connectivity index (χ4n) is 2.92. The first-order chi connectivity index (χ1) is 14.1. The van der Waals surface area contributed by atoms with Gasteiger partial charge in [0.2, 0.25) is 0 Å². The van der Waals surface area contributed by atoms with E-state index < -0.39 is 95.4 Å². The summed E-state index contributed by atoms with van der Waals surface area (Å²) in [5.41, 5.74) is 0. The molecule has 0 aromatic carbocycles. The average molecular weight is 502 g/mol. The van der Waals surface area contributed by atoms with E-state index in [4.69, 9.17) is 28.4 Å². The number of ether oxygens (including phenoxy) is 3. The molecule has 2 aliphatic rings. The first-order valence-electron chi connectivity index (χ1n) is 8.39. The lowest BCUT2D eigenvalue weighted by Gasteiger charge is -2.45. The summed E-state index contributed by atoms with van der Waals surface area (Å²) in [6.07, 6.45) is -19.7. The molecule has 0 radical (unpaired) electrons. The second-order valence-electron chi connectivity index (χ2n) is 6.55.